The van der Waals surface area contributed by atoms with Crippen molar-refractivity contribution in [2.24, 2.45) is 11.8 Å². The van der Waals surface area contributed by atoms with Gasteiger partial charge in [0.25, 0.3) is 0 Å². The van der Waals surface area contributed by atoms with Crippen LogP contribution < -0.4 is 0 Å². The Morgan fingerprint density at radius 3 is 2.53 bits per heavy atom. The minimum Gasteiger partial charge on any atom is -0.463 e. The summed E-state index contributed by atoms with van der Waals surface area (Å²) in [6, 6.07) is 0. The molecule has 1 aliphatic carbocycles. The molecule has 0 spiro atoms. The lowest BCUT2D eigenvalue weighted by Crippen LogP contribution is -2.38. The van der Waals surface area contributed by atoms with Gasteiger partial charge in [0.15, 0.2) is 0 Å². The highest BCUT2D eigenvalue weighted by molar-refractivity contribution is 5.81. The highest BCUT2D eigenvalue weighted by Gasteiger charge is 2.49. The van der Waals surface area contributed by atoms with E-state index in [0.717, 1.165) is 6.08 Å². The number of hydrogen-bond donors (Lipinski definition) is 0. The summed E-state index contributed by atoms with van der Waals surface area (Å²) in [7, 11) is 0. The van der Waals surface area contributed by atoms with E-state index in [9.17, 15) is 18.0 Å². The minimum atomic E-state index is -4.11. The molecule has 1 aliphatic rings. The van der Waals surface area contributed by atoms with E-state index in [-0.39, 0.29) is 25.4 Å². The molecule has 0 N–H and O–H groups in total. The molecule has 0 amide bonds. The molecule has 86 valence electrons. The van der Waals surface area contributed by atoms with Crippen molar-refractivity contribution in [2.75, 3.05) is 6.61 Å². The van der Waals surface area contributed by atoms with Crippen LogP contribution in [0.1, 0.15) is 19.3 Å². The Kier molecular flexibility index (Phi) is 3.77. The average Bonchev–Trinajstić information content (AvgIpc) is 2.06. The molecule has 2 nitrogen and oxygen atoms in total. The fraction of sp³-hybridized carbons (Fsp3) is 0.700. The molecule has 5 heteroatoms. The van der Waals surface area contributed by atoms with Crippen molar-refractivity contribution < 1.29 is 22.7 Å². The molecule has 1 fully saturated rings. The molecule has 0 aromatic rings. The molecule has 0 bridgehead atoms. The predicted molar refractivity (Wildman–Crippen MR) is 48.0 cm³/mol. The lowest BCUT2D eigenvalue weighted by molar-refractivity contribution is -0.214. The van der Waals surface area contributed by atoms with Crippen LogP contribution in [0.4, 0.5) is 13.2 Å². The van der Waals surface area contributed by atoms with E-state index in [1.165, 1.54) is 0 Å². The van der Waals surface area contributed by atoms with Crippen LogP contribution in [-0.4, -0.2) is 18.8 Å². The summed E-state index contributed by atoms with van der Waals surface area (Å²) < 4.78 is 41.5. The minimum absolute atomic E-state index is 0.0437. The van der Waals surface area contributed by atoms with Crippen molar-refractivity contribution in [3.8, 4) is 0 Å². The molecule has 2 atom stereocenters. The van der Waals surface area contributed by atoms with Gasteiger partial charge in [0.2, 0.25) is 0 Å². The maximum absolute atomic E-state index is 12.3. The van der Waals surface area contributed by atoms with E-state index < -0.39 is 18.1 Å². The zero-order valence-corrected chi connectivity index (χ0v) is 8.22. The predicted octanol–water partition coefficient (Wildman–Crippen LogP) is 2.69. The number of alkyl halides is 3. The van der Waals surface area contributed by atoms with Crippen LogP contribution in [0.15, 0.2) is 12.7 Å². The second-order valence-electron chi connectivity index (χ2n) is 3.65. The van der Waals surface area contributed by atoms with Gasteiger partial charge in [0.05, 0.1) is 12.5 Å². The molecule has 0 aromatic carbocycles. The summed E-state index contributed by atoms with van der Waals surface area (Å²) in [5.41, 5.74) is 0. The van der Waals surface area contributed by atoms with Gasteiger partial charge in [-0.15, -0.1) is 0 Å². The Hall–Kier alpha value is -1.00. The Balaban J connectivity index is 2.23. The van der Waals surface area contributed by atoms with Gasteiger partial charge in [-0.25, -0.2) is 4.79 Å². The van der Waals surface area contributed by atoms with Crippen molar-refractivity contribution in [1.82, 2.24) is 0 Å². The smallest absolute Gasteiger partial charge is 0.392 e. The molecule has 0 radical (unpaired) electrons. The zero-order valence-electron chi connectivity index (χ0n) is 8.22. The summed E-state index contributed by atoms with van der Waals surface area (Å²) >= 11 is 0. The van der Waals surface area contributed by atoms with E-state index in [1.807, 2.05) is 0 Å². The van der Waals surface area contributed by atoms with Crippen LogP contribution in [0.25, 0.3) is 0 Å². The van der Waals surface area contributed by atoms with E-state index in [0.29, 0.717) is 6.42 Å². The first-order chi connectivity index (χ1) is 6.95. The zero-order chi connectivity index (χ0) is 11.5. The van der Waals surface area contributed by atoms with Crippen molar-refractivity contribution >= 4 is 5.97 Å². The van der Waals surface area contributed by atoms with Crippen molar-refractivity contribution in [3.05, 3.63) is 12.7 Å². The van der Waals surface area contributed by atoms with Gasteiger partial charge in [-0.05, 0) is 25.2 Å². The molecular formula is C10H13F3O2. The van der Waals surface area contributed by atoms with Crippen molar-refractivity contribution in [2.45, 2.75) is 25.4 Å². The Morgan fingerprint density at radius 1 is 1.47 bits per heavy atom. The van der Waals surface area contributed by atoms with Gasteiger partial charge >= 0.3 is 12.1 Å². The van der Waals surface area contributed by atoms with Crippen LogP contribution >= 0.6 is 0 Å². The molecular weight excluding hydrogens is 209 g/mol. The molecule has 0 aliphatic heterocycles. The van der Waals surface area contributed by atoms with E-state index >= 15 is 0 Å². The largest absolute Gasteiger partial charge is 0.463 e. The first kappa shape index (κ1) is 12.1. The maximum atomic E-state index is 12.3. The first-order valence-corrected chi connectivity index (χ1v) is 4.81. The second-order valence-corrected chi connectivity index (χ2v) is 3.65. The second kappa shape index (κ2) is 4.68. The van der Waals surface area contributed by atoms with Crippen LogP contribution in [0, 0.1) is 11.8 Å². The summed E-state index contributed by atoms with van der Waals surface area (Å²) in [5, 5.41) is 0. The van der Waals surface area contributed by atoms with Crippen molar-refractivity contribution in [1.29, 1.82) is 0 Å². The van der Waals surface area contributed by atoms with Gasteiger partial charge < -0.3 is 4.74 Å². The van der Waals surface area contributed by atoms with Gasteiger partial charge in [-0.3, -0.25) is 0 Å². The third kappa shape index (κ3) is 3.25. The molecule has 2 unspecified atom stereocenters. The number of carbonyl (C=O) groups is 1. The van der Waals surface area contributed by atoms with Crippen LogP contribution in [-0.2, 0) is 9.53 Å². The highest BCUT2D eigenvalue weighted by Crippen LogP contribution is 2.46. The highest BCUT2D eigenvalue weighted by atomic mass is 19.4. The first-order valence-electron chi connectivity index (χ1n) is 4.81. The lowest BCUT2D eigenvalue weighted by Gasteiger charge is -2.37. The number of hydrogen-bond acceptors (Lipinski definition) is 2. The van der Waals surface area contributed by atoms with Crippen LogP contribution in [0.5, 0.6) is 0 Å². The monoisotopic (exact) mass is 222 g/mol. The topological polar surface area (TPSA) is 26.3 Å². The van der Waals surface area contributed by atoms with E-state index in [4.69, 9.17) is 0 Å². The van der Waals surface area contributed by atoms with Gasteiger partial charge in [0.1, 0.15) is 0 Å². The number of esters is 1. The molecule has 1 saturated carbocycles. The van der Waals surface area contributed by atoms with Crippen molar-refractivity contribution in [3.63, 3.8) is 0 Å². The Bertz CT molecular complexity index is 248. The molecule has 15 heavy (non-hydrogen) atoms. The average molecular weight is 222 g/mol. The maximum Gasteiger partial charge on any atom is 0.392 e. The molecule has 0 saturated heterocycles. The Labute approximate surface area is 86.1 Å². The van der Waals surface area contributed by atoms with E-state index in [1.54, 1.807) is 0 Å². The fourth-order valence-electron chi connectivity index (χ4n) is 1.72. The van der Waals surface area contributed by atoms with Gasteiger partial charge in [-0.2, -0.15) is 13.2 Å². The van der Waals surface area contributed by atoms with Gasteiger partial charge in [0, 0.05) is 6.08 Å². The summed E-state index contributed by atoms with van der Waals surface area (Å²) in [4.78, 5) is 10.6. The third-order valence-corrected chi connectivity index (χ3v) is 2.74. The number of ether oxygens (including phenoxy) is 1. The number of carbonyl (C=O) groups excluding carboxylic acids is 1. The normalized spacial score (nSPS) is 25.5. The summed E-state index contributed by atoms with van der Waals surface area (Å²) in [5.74, 6) is -2.18. The molecule has 0 aromatic heterocycles. The molecule has 1 rings (SSSR count). The summed E-state index contributed by atoms with van der Waals surface area (Å²) in [6.07, 6.45) is -2.06. The number of rotatable bonds is 4. The summed E-state index contributed by atoms with van der Waals surface area (Å²) in [6.45, 7) is 3.24. The van der Waals surface area contributed by atoms with E-state index in [2.05, 4.69) is 11.3 Å². The standard InChI is InChI=1S/C10H13F3O2/c1-2-9(14)15-6-5-7-3-4-8(7)10(11,12)13/h2,7-8H,1,3-6H2. The number of halogens is 3. The Morgan fingerprint density at radius 2 is 2.13 bits per heavy atom. The SMILES string of the molecule is C=CC(=O)OCCC1CCC1C(F)(F)F. The van der Waals surface area contributed by atoms with Crippen LogP contribution in [0.2, 0.25) is 0 Å². The molecule has 0 heterocycles. The third-order valence-electron chi connectivity index (χ3n) is 2.74. The van der Waals surface area contributed by atoms with Crippen LogP contribution in [0.3, 0.4) is 0 Å². The van der Waals surface area contributed by atoms with Gasteiger partial charge in [-0.1, -0.05) is 6.58 Å². The quantitative estimate of drug-likeness (QED) is 0.540. The lowest BCUT2D eigenvalue weighted by atomic mass is 9.71. The fourth-order valence-corrected chi connectivity index (χ4v) is 1.72.